The number of imidazole rings is 1. The largest absolute Gasteiger partial charge is 0.372 e. The van der Waals surface area contributed by atoms with Gasteiger partial charge in [-0.15, -0.1) is 0 Å². The Morgan fingerprint density at radius 1 is 1.00 bits per heavy atom. The van der Waals surface area contributed by atoms with Crippen molar-refractivity contribution in [1.29, 1.82) is 0 Å². The van der Waals surface area contributed by atoms with E-state index in [1.54, 1.807) is 18.6 Å². The van der Waals surface area contributed by atoms with Crippen LogP contribution in [0.3, 0.4) is 0 Å². The molecule has 11 nitrogen and oxygen atoms in total. The molecule has 2 atom stereocenters. The van der Waals surface area contributed by atoms with Crippen molar-refractivity contribution in [3.05, 3.63) is 59.2 Å². The SMILES string of the molecule is Cc1c(C(=O)NC2(C(F)F)CC2)cc(Nc2nc(-c3cnc4c(c3)N([C@H]3C[C@@](C)(N5CC6CCC(C5)O6)C3)C(=O)C4(C)C)cc3ncn(C(C)C)c23)c(F)c1F. The minimum absolute atomic E-state index is 0.00874. The summed E-state index contributed by atoms with van der Waals surface area (Å²) in [5.41, 5.74) is -0.109. The first-order chi connectivity index (χ1) is 26.5. The molecule has 56 heavy (non-hydrogen) atoms. The Labute approximate surface area is 322 Å². The van der Waals surface area contributed by atoms with Gasteiger partial charge in [-0.1, -0.05) is 0 Å². The monoisotopic (exact) mass is 774 g/mol. The normalized spacial score (nSPS) is 26.2. The van der Waals surface area contributed by atoms with Gasteiger partial charge in [0.2, 0.25) is 5.91 Å². The molecule has 5 aliphatic rings. The van der Waals surface area contributed by atoms with Gasteiger partial charge < -0.3 is 24.8 Å². The molecule has 4 aromatic rings. The van der Waals surface area contributed by atoms with Gasteiger partial charge in [-0.05, 0) is 98.3 Å². The van der Waals surface area contributed by atoms with Gasteiger partial charge >= 0.3 is 0 Å². The lowest BCUT2D eigenvalue weighted by Crippen LogP contribution is -2.66. The molecule has 296 valence electrons. The van der Waals surface area contributed by atoms with Crippen LogP contribution in [-0.2, 0) is 14.9 Å². The van der Waals surface area contributed by atoms with E-state index in [2.05, 4.69) is 27.4 Å². The number of benzene rings is 1. The maximum atomic E-state index is 15.7. The Kier molecular flexibility index (Phi) is 8.38. The molecule has 15 heteroatoms. The number of carbonyl (C=O) groups is 2. The number of hydrogen-bond acceptors (Lipinski definition) is 8. The number of likely N-dealkylation sites (tertiary alicyclic amines) is 1. The van der Waals surface area contributed by atoms with E-state index in [4.69, 9.17) is 14.7 Å². The van der Waals surface area contributed by atoms with E-state index in [0.29, 0.717) is 28.0 Å². The van der Waals surface area contributed by atoms with Gasteiger partial charge in [-0.25, -0.2) is 27.5 Å². The van der Waals surface area contributed by atoms with Crippen molar-refractivity contribution in [2.45, 2.75) is 127 Å². The molecule has 2 saturated heterocycles. The van der Waals surface area contributed by atoms with Gasteiger partial charge in [0.25, 0.3) is 12.3 Å². The second-order valence-corrected chi connectivity index (χ2v) is 17.5. The number of rotatable bonds is 9. The van der Waals surface area contributed by atoms with E-state index >= 15 is 8.78 Å². The van der Waals surface area contributed by atoms with Crippen molar-refractivity contribution < 1.29 is 31.9 Å². The molecule has 1 aromatic carbocycles. The summed E-state index contributed by atoms with van der Waals surface area (Å²) in [4.78, 5) is 46.2. The fraction of sp³-hybridized carbons (Fsp3) is 0.537. The van der Waals surface area contributed by atoms with Crippen LogP contribution in [0.4, 0.5) is 34.8 Å². The number of anilines is 3. The summed E-state index contributed by atoms with van der Waals surface area (Å²) < 4.78 is 66.5. The summed E-state index contributed by atoms with van der Waals surface area (Å²) in [6.07, 6.45) is 5.06. The van der Waals surface area contributed by atoms with Crippen molar-refractivity contribution in [3.63, 3.8) is 0 Å². The van der Waals surface area contributed by atoms with E-state index in [-0.39, 0.29) is 65.5 Å². The summed E-state index contributed by atoms with van der Waals surface area (Å²) in [7, 11) is 0. The van der Waals surface area contributed by atoms with E-state index in [0.717, 1.165) is 50.5 Å². The Morgan fingerprint density at radius 3 is 2.34 bits per heavy atom. The Bertz CT molecular complexity index is 2290. The summed E-state index contributed by atoms with van der Waals surface area (Å²) in [6.45, 7) is 13.0. The molecule has 2 bridgehead atoms. The third kappa shape index (κ3) is 5.70. The second kappa shape index (κ2) is 12.7. The molecular formula is C41H46F4N8O3. The molecule has 3 aliphatic heterocycles. The number of nitrogens with zero attached hydrogens (tertiary/aromatic N) is 6. The highest BCUT2D eigenvalue weighted by Crippen LogP contribution is 2.50. The van der Waals surface area contributed by atoms with Gasteiger partial charge in [0.1, 0.15) is 11.1 Å². The van der Waals surface area contributed by atoms with Crippen LogP contribution < -0.4 is 15.5 Å². The van der Waals surface area contributed by atoms with Crippen LogP contribution in [-0.4, -0.2) is 85.1 Å². The third-order valence-electron chi connectivity index (χ3n) is 12.9. The van der Waals surface area contributed by atoms with Crippen LogP contribution in [0.1, 0.15) is 101 Å². The van der Waals surface area contributed by atoms with E-state index < -0.39 is 40.6 Å². The number of aromatic nitrogens is 4. The zero-order chi connectivity index (χ0) is 39.6. The van der Waals surface area contributed by atoms with Crippen LogP contribution in [0.25, 0.3) is 22.3 Å². The molecule has 2 unspecified atom stereocenters. The molecule has 2 amide bonds. The smallest absolute Gasteiger partial charge is 0.261 e. The maximum Gasteiger partial charge on any atom is 0.261 e. The summed E-state index contributed by atoms with van der Waals surface area (Å²) in [6, 6.07) is 4.72. The lowest BCUT2D eigenvalue weighted by molar-refractivity contribution is -0.125. The first-order valence-electron chi connectivity index (χ1n) is 19.5. The number of alkyl halides is 2. The summed E-state index contributed by atoms with van der Waals surface area (Å²) in [5.74, 6) is -3.33. The highest BCUT2D eigenvalue weighted by Gasteiger charge is 2.56. The Hall–Kier alpha value is -4.63. The van der Waals surface area contributed by atoms with Gasteiger partial charge in [0.15, 0.2) is 17.5 Å². The number of halogens is 4. The number of carbonyl (C=O) groups excluding carboxylic acids is 2. The van der Waals surface area contributed by atoms with Crippen LogP contribution in [0.2, 0.25) is 0 Å². The number of morpholine rings is 1. The molecule has 0 radical (unpaired) electrons. The molecule has 0 spiro atoms. The number of ether oxygens (including phenoxy) is 1. The van der Waals surface area contributed by atoms with E-state index in [1.165, 1.54) is 6.92 Å². The van der Waals surface area contributed by atoms with Gasteiger partial charge in [0, 0.05) is 53.6 Å². The van der Waals surface area contributed by atoms with E-state index in [1.807, 2.05) is 43.2 Å². The standard InChI is InChI=1S/C41H46F4N8O3/c1-20(2)52-19-47-29-13-27(48-35(33(29)52)49-28-12-26(21(3)31(42)32(28)43)36(54)50-41(9-10-41)37(44)45)22-11-30-34(46-16-22)39(4,5)38(55)53(30)23-14-40(6,15-23)51-17-24-7-8-25(18-51)56-24/h11-13,16,19-20,23-25,37H,7-10,14-15,17-18H2,1-6H3,(H,48,49)(H,50,54)/t23-,24?,25?,40+. The van der Waals surface area contributed by atoms with Gasteiger partial charge in [0.05, 0.1) is 52.2 Å². The predicted octanol–water partition coefficient (Wildman–Crippen LogP) is 7.34. The second-order valence-electron chi connectivity index (χ2n) is 17.5. The highest BCUT2D eigenvalue weighted by molar-refractivity contribution is 6.08. The van der Waals surface area contributed by atoms with Crippen LogP contribution >= 0.6 is 0 Å². The number of fused-ring (bicyclic) bond motifs is 4. The van der Waals surface area contributed by atoms with Crippen molar-refractivity contribution in [1.82, 2.24) is 29.7 Å². The van der Waals surface area contributed by atoms with Crippen molar-refractivity contribution in [3.8, 4) is 11.3 Å². The Balaban J connectivity index is 1.07. The van der Waals surface area contributed by atoms with E-state index in [9.17, 15) is 18.4 Å². The molecule has 3 aromatic heterocycles. The van der Waals surface area contributed by atoms with Gasteiger partial charge in [-0.3, -0.25) is 19.5 Å². The van der Waals surface area contributed by atoms with Crippen LogP contribution in [0, 0.1) is 18.6 Å². The average molecular weight is 775 g/mol. The lowest BCUT2D eigenvalue weighted by Gasteiger charge is -2.56. The minimum atomic E-state index is -2.80. The van der Waals surface area contributed by atoms with Crippen molar-refractivity contribution in [2.24, 2.45) is 0 Å². The Morgan fingerprint density at radius 2 is 1.70 bits per heavy atom. The molecule has 6 heterocycles. The number of amides is 2. The molecule has 2 saturated carbocycles. The predicted molar refractivity (Wildman–Crippen MR) is 202 cm³/mol. The number of hydrogen-bond donors (Lipinski definition) is 2. The zero-order valence-corrected chi connectivity index (χ0v) is 32.4. The van der Waals surface area contributed by atoms with Gasteiger partial charge in [-0.2, -0.15) is 0 Å². The highest BCUT2D eigenvalue weighted by atomic mass is 19.3. The molecular weight excluding hydrogens is 728 g/mol. The third-order valence-corrected chi connectivity index (χ3v) is 12.9. The van der Waals surface area contributed by atoms with Crippen LogP contribution in [0.15, 0.2) is 30.7 Å². The lowest BCUT2D eigenvalue weighted by atomic mass is 9.71. The number of nitrogens with one attached hydrogen (secondary N) is 2. The topological polar surface area (TPSA) is 118 Å². The quantitative estimate of drug-likeness (QED) is 0.170. The van der Waals surface area contributed by atoms with Crippen LogP contribution in [0.5, 0.6) is 0 Å². The molecule has 2 aliphatic carbocycles. The fourth-order valence-electron chi connectivity index (χ4n) is 9.27. The van der Waals surface area contributed by atoms with Crippen molar-refractivity contribution >= 4 is 40.0 Å². The average Bonchev–Trinajstić information content (AvgIpc) is 3.60. The molecule has 4 fully saturated rings. The zero-order valence-electron chi connectivity index (χ0n) is 32.4. The molecule has 9 rings (SSSR count). The number of pyridine rings is 2. The molecule has 2 N–H and O–H groups in total. The maximum absolute atomic E-state index is 15.7. The fourth-order valence-corrected chi connectivity index (χ4v) is 9.27. The first-order valence-corrected chi connectivity index (χ1v) is 19.5. The minimum Gasteiger partial charge on any atom is -0.372 e. The summed E-state index contributed by atoms with van der Waals surface area (Å²) >= 11 is 0. The van der Waals surface area contributed by atoms with Crippen molar-refractivity contribution in [2.75, 3.05) is 23.3 Å². The summed E-state index contributed by atoms with van der Waals surface area (Å²) in [5, 5.41) is 5.27. The first kappa shape index (κ1) is 37.0.